The van der Waals surface area contributed by atoms with Crippen LogP contribution in [0.25, 0.3) is 222 Å². The molecule has 0 atom stereocenters. The van der Waals surface area contributed by atoms with E-state index in [-0.39, 0.29) is 0 Å². The van der Waals surface area contributed by atoms with E-state index in [0.29, 0.717) is 35.3 Å². The number of nitrogens with zero attached hydrogens (tertiary/aromatic N) is 10. The van der Waals surface area contributed by atoms with E-state index in [1.54, 1.807) is 0 Å². The van der Waals surface area contributed by atoms with Gasteiger partial charge < -0.3 is 13.4 Å². The Labute approximate surface area is 651 Å². The molecule has 12 heteroatoms. The lowest BCUT2D eigenvalue weighted by atomic mass is 10.0. The molecular weight excluding hydrogens is 1400 g/mol. The molecule has 0 spiro atoms. The molecule has 0 aliphatic rings. The van der Waals surface area contributed by atoms with Gasteiger partial charge in [0, 0.05) is 87.0 Å². The summed E-state index contributed by atoms with van der Waals surface area (Å²) in [6.07, 6.45) is 0. The van der Waals surface area contributed by atoms with Gasteiger partial charge in [-0.05, 0) is 161 Å². The van der Waals surface area contributed by atoms with E-state index in [1.807, 2.05) is 60.7 Å². The Balaban J connectivity index is 0.000000138. The fourth-order valence-corrected chi connectivity index (χ4v) is 17.1. The highest BCUT2D eigenvalue weighted by molar-refractivity contribution is 6.14. The molecule has 0 bridgehead atoms. The van der Waals surface area contributed by atoms with Crippen LogP contribution in [0.3, 0.4) is 0 Å². The molecule has 114 heavy (non-hydrogen) atoms. The van der Waals surface area contributed by atoms with E-state index in [4.69, 9.17) is 38.7 Å². The van der Waals surface area contributed by atoms with Crippen molar-refractivity contribution in [2.45, 2.75) is 0 Å². The summed E-state index contributed by atoms with van der Waals surface area (Å²) in [6, 6.07) is 131. The van der Waals surface area contributed by atoms with Crippen molar-refractivity contribution >= 4 is 131 Å². The van der Waals surface area contributed by atoms with Crippen LogP contribution >= 0.6 is 0 Å². The molecule has 0 saturated carbocycles. The van der Waals surface area contributed by atoms with Crippen molar-refractivity contribution in [3.63, 3.8) is 0 Å². The average molecular weight is 1460 g/mol. The molecule has 0 amide bonds. The van der Waals surface area contributed by atoms with Crippen molar-refractivity contribution in [3.05, 3.63) is 376 Å². The van der Waals surface area contributed by atoms with Gasteiger partial charge in [0.15, 0.2) is 17.5 Å². The third-order valence-corrected chi connectivity index (χ3v) is 22.4. The molecule has 0 aliphatic heterocycles. The highest BCUT2D eigenvalue weighted by atomic mass is 16.3. The quantitative estimate of drug-likeness (QED) is 0.133. The van der Waals surface area contributed by atoms with Crippen LogP contribution in [0.4, 0.5) is 0 Å². The summed E-state index contributed by atoms with van der Waals surface area (Å²) in [5.41, 5.74) is 22.4. The number of fused-ring (bicyclic) bond motifs is 18. The molecule has 0 unspecified atom stereocenters. The van der Waals surface area contributed by atoms with Gasteiger partial charge >= 0.3 is 0 Å². The van der Waals surface area contributed by atoms with E-state index < -0.39 is 0 Å². The molecule has 0 N–H and O–H groups in total. The number of hydrogen-bond acceptors (Lipinski definition) is 8. The summed E-state index contributed by atoms with van der Waals surface area (Å²) in [5, 5.41) is 13.4. The standard InChI is InChI=1S/C57H35N5O.C45H27N5O/c1-3-14-36(15-4-1)38-27-31-52-48(33-38)44-21-8-11-24-50(44)62(52)57-59-55(58-56(60-57)41-26-29-46-45-22-9-12-25-53(45)63-54(46)35-41)40-17-13-16-37(32-40)39-28-30-51-47(34-39)43-20-7-10-23-49(43)61(51)42-18-5-2-6-19-42;1-2-12-28(13-3-1)29-22-24-40-35(26-29)33-16-6-10-20-39(33)50(40)45-47-43(30-23-25-42-36(27-30)34-17-7-11-21-41(34)51-42)46-44(48-45)49-37-18-8-4-14-31(37)32-15-5-9-19-38(32)49/h1-35H;1-27H. The Hall–Kier alpha value is -15.7. The van der Waals surface area contributed by atoms with Crippen LogP contribution in [0, 0.1) is 0 Å². The topological polar surface area (TPSA) is 123 Å². The van der Waals surface area contributed by atoms with Gasteiger partial charge in [0.25, 0.3) is 0 Å². The first-order valence-electron chi connectivity index (χ1n) is 38.2. The van der Waals surface area contributed by atoms with Crippen molar-refractivity contribution in [2.24, 2.45) is 0 Å². The van der Waals surface area contributed by atoms with Crippen molar-refractivity contribution in [1.29, 1.82) is 0 Å². The third kappa shape index (κ3) is 10.5. The van der Waals surface area contributed by atoms with Crippen molar-refractivity contribution in [1.82, 2.24) is 48.2 Å². The summed E-state index contributed by atoms with van der Waals surface area (Å²) in [5.74, 6) is 3.36. The van der Waals surface area contributed by atoms with Crippen molar-refractivity contribution in [3.8, 4) is 91.1 Å². The van der Waals surface area contributed by atoms with E-state index in [0.717, 1.165) is 159 Å². The minimum Gasteiger partial charge on any atom is -0.456 e. The van der Waals surface area contributed by atoms with Gasteiger partial charge in [-0.25, -0.2) is 4.98 Å². The fourth-order valence-electron chi connectivity index (χ4n) is 17.1. The number of hydrogen-bond donors (Lipinski definition) is 0. The third-order valence-electron chi connectivity index (χ3n) is 22.4. The van der Waals surface area contributed by atoms with Gasteiger partial charge in [-0.3, -0.25) is 13.7 Å². The normalized spacial score (nSPS) is 11.9. The molecule has 0 radical (unpaired) electrons. The van der Waals surface area contributed by atoms with Crippen LogP contribution in [-0.2, 0) is 0 Å². The summed E-state index contributed by atoms with van der Waals surface area (Å²) in [4.78, 5) is 31.7. The lowest BCUT2D eigenvalue weighted by molar-refractivity contribution is 0.668. The highest BCUT2D eigenvalue weighted by Gasteiger charge is 2.25. The molecule has 8 heterocycles. The number of benzene rings is 16. The largest absolute Gasteiger partial charge is 0.456 e. The number of furan rings is 2. The predicted octanol–water partition coefficient (Wildman–Crippen LogP) is 25.9. The summed E-state index contributed by atoms with van der Waals surface area (Å²) < 4.78 is 21.4. The average Bonchev–Trinajstić information content (AvgIpc) is 1.63. The lowest BCUT2D eigenvalue weighted by Gasteiger charge is -2.13. The van der Waals surface area contributed by atoms with E-state index in [2.05, 4.69) is 334 Å². The summed E-state index contributed by atoms with van der Waals surface area (Å²) in [6.45, 7) is 0. The second-order valence-electron chi connectivity index (χ2n) is 28.9. The van der Waals surface area contributed by atoms with Crippen molar-refractivity contribution in [2.75, 3.05) is 0 Å². The number of para-hydroxylation sites is 8. The molecule has 0 fully saturated rings. The van der Waals surface area contributed by atoms with Gasteiger partial charge in [0.2, 0.25) is 17.8 Å². The number of aromatic nitrogens is 10. The Morgan fingerprint density at radius 3 is 0.965 bits per heavy atom. The Morgan fingerprint density at radius 2 is 0.456 bits per heavy atom. The first-order valence-corrected chi connectivity index (χ1v) is 38.2. The molecule has 0 saturated heterocycles. The Kier molecular flexibility index (Phi) is 14.7. The van der Waals surface area contributed by atoms with Crippen LogP contribution in [0.2, 0.25) is 0 Å². The monoisotopic (exact) mass is 1460 g/mol. The zero-order valence-corrected chi connectivity index (χ0v) is 61.1. The molecule has 0 aliphatic carbocycles. The SMILES string of the molecule is c1ccc(-c2ccc3c(c2)c2ccccc2n3-c2nc(-c3ccc4oc5ccccc5c4c3)nc(-n3c4ccccc4c4ccccc43)n2)cc1.c1ccc(-c2ccc3c(c2)c2ccccc2n3-c2nc(-c3cccc(-c4ccc5c(c4)c4ccccc4n5-c4ccccc4)c3)nc(-c3ccc4c(c3)oc3ccccc34)n2)cc1. The van der Waals surface area contributed by atoms with Crippen LogP contribution in [-0.4, -0.2) is 48.2 Å². The molecule has 16 aromatic carbocycles. The molecular formula is C102H62N10O2. The summed E-state index contributed by atoms with van der Waals surface area (Å²) in [7, 11) is 0. The molecule has 12 nitrogen and oxygen atoms in total. The van der Waals surface area contributed by atoms with E-state index >= 15 is 0 Å². The smallest absolute Gasteiger partial charge is 0.240 e. The van der Waals surface area contributed by atoms with E-state index in [1.165, 1.54) is 27.4 Å². The van der Waals surface area contributed by atoms with E-state index in [9.17, 15) is 0 Å². The number of rotatable bonds is 10. The van der Waals surface area contributed by atoms with Gasteiger partial charge in [0.05, 0.1) is 44.1 Å². The summed E-state index contributed by atoms with van der Waals surface area (Å²) >= 11 is 0. The Bertz CT molecular complexity index is 7950. The van der Waals surface area contributed by atoms with Crippen molar-refractivity contribution < 1.29 is 8.83 Å². The first kappa shape index (κ1) is 64.3. The second-order valence-corrected chi connectivity index (χ2v) is 28.9. The molecule has 532 valence electrons. The van der Waals surface area contributed by atoms with Gasteiger partial charge in [-0.2, -0.15) is 24.9 Å². The highest BCUT2D eigenvalue weighted by Crippen LogP contribution is 2.42. The fraction of sp³-hybridized carbons (Fsp3) is 0. The lowest BCUT2D eigenvalue weighted by Crippen LogP contribution is -2.10. The maximum Gasteiger partial charge on any atom is 0.240 e. The first-order chi connectivity index (χ1) is 56.5. The van der Waals surface area contributed by atoms with Crippen LogP contribution < -0.4 is 0 Å². The van der Waals surface area contributed by atoms with Crippen LogP contribution in [0.15, 0.2) is 385 Å². The predicted molar refractivity (Wildman–Crippen MR) is 464 cm³/mol. The maximum atomic E-state index is 6.37. The maximum absolute atomic E-state index is 6.37. The zero-order valence-electron chi connectivity index (χ0n) is 61.1. The molecule has 24 rings (SSSR count). The molecule has 24 aromatic rings. The molecule has 8 aromatic heterocycles. The minimum absolute atomic E-state index is 0.541. The Morgan fingerprint density at radius 1 is 0.158 bits per heavy atom. The second kappa shape index (κ2) is 26.0. The minimum atomic E-state index is 0.541. The van der Waals surface area contributed by atoms with Crippen LogP contribution in [0.5, 0.6) is 0 Å². The van der Waals surface area contributed by atoms with Gasteiger partial charge in [-0.1, -0.05) is 249 Å². The zero-order chi connectivity index (χ0) is 74.9. The van der Waals surface area contributed by atoms with Gasteiger partial charge in [0.1, 0.15) is 22.3 Å². The van der Waals surface area contributed by atoms with Gasteiger partial charge in [-0.15, -0.1) is 0 Å². The van der Waals surface area contributed by atoms with Crippen LogP contribution in [0.1, 0.15) is 0 Å².